The van der Waals surface area contributed by atoms with Crippen LogP contribution in [0.5, 0.6) is 0 Å². The molecule has 0 spiro atoms. The molecule has 0 unspecified atom stereocenters. The molecular formula is C22H24FN5. The normalized spacial score (nSPS) is 14.2. The summed E-state index contributed by atoms with van der Waals surface area (Å²) < 4.78 is 13.1. The molecule has 6 heteroatoms. The van der Waals surface area contributed by atoms with Gasteiger partial charge in [0.1, 0.15) is 11.6 Å². The lowest BCUT2D eigenvalue weighted by molar-refractivity contribution is 0.623. The average Bonchev–Trinajstić information content (AvgIpc) is 2.74. The number of hydrogen-bond donors (Lipinski definition) is 1. The Kier molecular flexibility index (Phi) is 5.37. The Labute approximate surface area is 164 Å². The Morgan fingerprint density at radius 2 is 1.57 bits per heavy atom. The van der Waals surface area contributed by atoms with Gasteiger partial charge in [0.15, 0.2) is 0 Å². The summed E-state index contributed by atoms with van der Waals surface area (Å²) in [4.78, 5) is 13.6. The highest BCUT2D eigenvalue weighted by atomic mass is 19.1. The first-order valence-electron chi connectivity index (χ1n) is 9.55. The van der Waals surface area contributed by atoms with Crippen LogP contribution in [-0.4, -0.2) is 36.1 Å². The van der Waals surface area contributed by atoms with Crippen LogP contribution in [0.25, 0.3) is 0 Å². The first kappa shape index (κ1) is 18.2. The fraction of sp³-hybridized carbons (Fsp3) is 0.273. The molecule has 2 heterocycles. The molecule has 4 rings (SSSR count). The van der Waals surface area contributed by atoms with E-state index in [0.717, 1.165) is 50.2 Å². The van der Waals surface area contributed by atoms with Crippen molar-refractivity contribution in [2.45, 2.75) is 13.5 Å². The van der Waals surface area contributed by atoms with E-state index < -0.39 is 0 Å². The molecule has 1 aliphatic rings. The average molecular weight is 377 g/mol. The van der Waals surface area contributed by atoms with Crippen LogP contribution in [-0.2, 0) is 6.54 Å². The van der Waals surface area contributed by atoms with Gasteiger partial charge in [-0.05, 0) is 42.8 Å². The number of aryl methyl sites for hydroxylation is 1. The zero-order chi connectivity index (χ0) is 19.3. The second-order valence-corrected chi connectivity index (χ2v) is 7.03. The number of piperazine rings is 1. The molecule has 1 N–H and O–H groups in total. The van der Waals surface area contributed by atoms with E-state index in [9.17, 15) is 4.39 Å². The molecule has 0 radical (unpaired) electrons. The Balaban J connectivity index is 1.35. The standard InChI is InChI=1S/C22H24FN5/c1-17-2-4-18(5-3-17)16-25-21-10-11-24-22(26-21)28-14-12-27(13-15-28)20-8-6-19(23)7-9-20/h2-11H,12-16H2,1H3,(H,24,25,26). The van der Waals surface area contributed by atoms with Gasteiger partial charge < -0.3 is 15.1 Å². The summed E-state index contributed by atoms with van der Waals surface area (Å²) in [6, 6.07) is 17.0. The summed E-state index contributed by atoms with van der Waals surface area (Å²) >= 11 is 0. The number of nitrogens with zero attached hydrogens (tertiary/aromatic N) is 4. The maximum absolute atomic E-state index is 13.1. The van der Waals surface area contributed by atoms with Gasteiger partial charge in [0.25, 0.3) is 0 Å². The Morgan fingerprint density at radius 3 is 2.29 bits per heavy atom. The van der Waals surface area contributed by atoms with Crippen molar-refractivity contribution >= 4 is 17.5 Å². The monoisotopic (exact) mass is 377 g/mol. The summed E-state index contributed by atoms with van der Waals surface area (Å²) in [6.45, 7) is 6.20. The summed E-state index contributed by atoms with van der Waals surface area (Å²) in [5, 5.41) is 3.38. The van der Waals surface area contributed by atoms with Gasteiger partial charge in [-0.1, -0.05) is 29.8 Å². The van der Waals surface area contributed by atoms with Crippen LogP contribution >= 0.6 is 0 Å². The van der Waals surface area contributed by atoms with Crippen molar-refractivity contribution < 1.29 is 4.39 Å². The minimum Gasteiger partial charge on any atom is -0.368 e. The zero-order valence-corrected chi connectivity index (χ0v) is 16.0. The maximum atomic E-state index is 13.1. The number of anilines is 3. The van der Waals surface area contributed by atoms with Gasteiger partial charge in [-0.15, -0.1) is 0 Å². The van der Waals surface area contributed by atoms with Crippen molar-refractivity contribution in [3.8, 4) is 0 Å². The highest BCUT2D eigenvalue weighted by Crippen LogP contribution is 2.19. The number of nitrogens with one attached hydrogen (secondary N) is 1. The van der Waals surface area contributed by atoms with Gasteiger partial charge >= 0.3 is 0 Å². The third-order valence-electron chi connectivity index (χ3n) is 4.99. The lowest BCUT2D eigenvalue weighted by Crippen LogP contribution is -2.47. The Bertz CT molecular complexity index is 903. The molecule has 1 aromatic heterocycles. The second kappa shape index (κ2) is 8.25. The van der Waals surface area contributed by atoms with E-state index in [-0.39, 0.29) is 5.82 Å². The van der Waals surface area contributed by atoms with E-state index >= 15 is 0 Å². The van der Waals surface area contributed by atoms with Gasteiger partial charge in [-0.3, -0.25) is 0 Å². The fourth-order valence-corrected chi connectivity index (χ4v) is 3.31. The number of benzene rings is 2. The lowest BCUT2D eigenvalue weighted by atomic mass is 10.1. The number of rotatable bonds is 5. The summed E-state index contributed by atoms with van der Waals surface area (Å²) in [6.07, 6.45) is 1.80. The summed E-state index contributed by atoms with van der Waals surface area (Å²) in [5.41, 5.74) is 3.53. The molecule has 0 saturated carbocycles. The van der Waals surface area contributed by atoms with E-state index in [1.807, 2.05) is 18.2 Å². The highest BCUT2D eigenvalue weighted by Gasteiger charge is 2.19. The quantitative estimate of drug-likeness (QED) is 0.731. The largest absolute Gasteiger partial charge is 0.368 e. The predicted octanol–water partition coefficient (Wildman–Crippen LogP) is 3.86. The van der Waals surface area contributed by atoms with Crippen LogP contribution in [0.1, 0.15) is 11.1 Å². The van der Waals surface area contributed by atoms with E-state index in [1.54, 1.807) is 6.20 Å². The van der Waals surface area contributed by atoms with Crippen LogP contribution in [0.2, 0.25) is 0 Å². The zero-order valence-electron chi connectivity index (χ0n) is 16.0. The van der Waals surface area contributed by atoms with E-state index in [1.165, 1.54) is 23.3 Å². The topological polar surface area (TPSA) is 44.3 Å². The van der Waals surface area contributed by atoms with Crippen LogP contribution in [0.3, 0.4) is 0 Å². The molecule has 0 atom stereocenters. The molecular weight excluding hydrogens is 353 g/mol. The molecule has 2 aromatic carbocycles. The molecule has 5 nitrogen and oxygen atoms in total. The van der Waals surface area contributed by atoms with Crippen molar-refractivity contribution in [2.75, 3.05) is 41.3 Å². The van der Waals surface area contributed by atoms with E-state index in [0.29, 0.717) is 0 Å². The summed E-state index contributed by atoms with van der Waals surface area (Å²) in [5.74, 6) is 1.37. The minimum absolute atomic E-state index is 0.203. The minimum atomic E-state index is -0.203. The first-order chi connectivity index (χ1) is 13.7. The third-order valence-corrected chi connectivity index (χ3v) is 4.99. The van der Waals surface area contributed by atoms with Crippen molar-refractivity contribution in [3.05, 3.63) is 77.7 Å². The molecule has 0 bridgehead atoms. The highest BCUT2D eigenvalue weighted by molar-refractivity contribution is 5.49. The Morgan fingerprint density at radius 1 is 0.893 bits per heavy atom. The molecule has 0 amide bonds. The van der Waals surface area contributed by atoms with E-state index in [2.05, 4.69) is 56.3 Å². The van der Waals surface area contributed by atoms with Gasteiger partial charge in [0.05, 0.1) is 0 Å². The second-order valence-electron chi connectivity index (χ2n) is 7.03. The molecule has 0 aliphatic carbocycles. The van der Waals surface area contributed by atoms with E-state index in [4.69, 9.17) is 0 Å². The third kappa shape index (κ3) is 4.39. The molecule has 28 heavy (non-hydrogen) atoms. The van der Waals surface area contributed by atoms with Gasteiger partial charge in [0.2, 0.25) is 5.95 Å². The molecule has 144 valence electrons. The molecule has 3 aromatic rings. The van der Waals surface area contributed by atoms with Gasteiger partial charge in [-0.2, -0.15) is 4.98 Å². The number of hydrogen-bond acceptors (Lipinski definition) is 5. The summed E-state index contributed by atoms with van der Waals surface area (Å²) in [7, 11) is 0. The maximum Gasteiger partial charge on any atom is 0.227 e. The van der Waals surface area contributed by atoms with Crippen LogP contribution in [0.4, 0.5) is 21.8 Å². The van der Waals surface area contributed by atoms with Gasteiger partial charge in [0, 0.05) is 44.6 Å². The van der Waals surface area contributed by atoms with Crippen molar-refractivity contribution in [1.82, 2.24) is 9.97 Å². The number of halogens is 1. The lowest BCUT2D eigenvalue weighted by Gasteiger charge is -2.36. The van der Waals surface area contributed by atoms with Crippen molar-refractivity contribution in [3.63, 3.8) is 0 Å². The molecule has 1 aliphatic heterocycles. The van der Waals surface area contributed by atoms with Crippen molar-refractivity contribution in [2.24, 2.45) is 0 Å². The van der Waals surface area contributed by atoms with Crippen LogP contribution in [0.15, 0.2) is 60.8 Å². The predicted molar refractivity (Wildman–Crippen MR) is 111 cm³/mol. The SMILES string of the molecule is Cc1ccc(CNc2ccnc(N3CCN(c4ccc(F)cc4)CC3)n2)cc1. The molecule has 1 fully saturated rings. The fourth-order valence-electron chi connectivity index (χ4n) is 3.31. The molecule has 1 saturated heterocycles. The smallest absolute Gasteiger partial charge is 0.227 e. The first-order valence-corrected chi connectivity index (χ1v) is 9.55. The van der Waals surface area contributed by atoms with Crippen molar-refractivity contribution in [1.29, 1.82) is 0 Å². The van der Waals surface area contributed by atoms with Crippen LogP contribution < -0.4 is 15.1 Å². The number of aromatic nitrogens is 2. The van der Waals surface area contributed by atoms with Gasteiger partial charge in [-0.25, -0.2) is 9.37 Å². The Hall–Kier alpha value is -3.15. The van der Waals surface area contributed by atoms with Crippen LogP contribution in [0, 0.1) is 12.7 Å².